The molecule has 2 unspecified atom stereocenters. The van der Waals surface area contributed by atoms with Crippen molar-refractivity contribution < 1.29 is 4.79 Å². The van der Waals surface area contributed by atoms with Gasteiger partial charge in [-0.25, -0.2) is 4.99 Å². The van der Waals surface area contributed by atoms with Crippen molar-refractivity contribution in [1.29, 1.82) is 0 Å². The molecule has 0 radical (unpaired) electrons. The molecule has 0 aromatic heterocycles. The predicted molar refractivity (Wildman–Crippen MR) is 112 cm³/mol. The maximum absolute atomic E-state index is 11.8. The van der Waals surface area contributed by atoms with Gasteiger partial charge in [0.05, 0.1) is 6.04 Å². The molecular formula is C18H31IN4O. The molecule has 0 aliphatic carbocycles. The van der Waals surface area contributed by atoms with Gasteiger partial charge in [0.2, 0.25) is 5.91 Å². The third-order valence-electron chi connectivity index (χ3n) is 3.87. The number of carbonyl (C=O) groups excluding carboxylic acids is 1. The summed E-state index contributed by atoms with van der Waals surface area (Å²) < 4.78 is 0. The van der Waals surface area contributed by atoms with Crippen LogP contribution in [0.5, 0.6) is 0 Å². The molecule has 24 heavy (non-hydrogen) atoms. The Balaban J connectivity index is 0.00000529. The van der Waals surface area contributed by atoms with Crippen molar-refractivity contribution in [3.8, 4) is 0 Å². The van der Waals surface area contributed by atoms with Crippen molar-refractivity contribution in [3.63, 3.8) is 0 Å². The number of benzene rings is 1. The van der Waals surface area contributed by atoms with Gasteiger partial charge in [-0.2, -0.15) is 0 Å². The van der Waals surface area contributed by atoms with Crippen LogP contribution in [-0.4, -0.2) is 43.4 Å². The second-order valence-electron chi connectivity index (χ2n) is 6.13. The average molecular weight is 446 g/mol. The number of nitrogens with zero attached hydrogens (tertiary/aromatic N) is 2. The SMILES string of the molecule is CCC(C)NC(=NCC(=O)N(C)C)NC(C)c1ccccc1C.I. The third-order valence-corrected chi connectivity index (χ3v) is 3.87. The van der Waals surface area contributed by atoms with E-state index in [2.05, 4.69) is 55.5 Å². The second kappa shape index (κ2) is 11.3. The zero-order chi connectivity index (χ0) is 17.4. The number of likely N-dealkylation sites (N-methyl/N-ethyl adjacent to an activating group) is 1. The molecule has 0 saturated heterocycles. The summed E-state index contributed by atoms with van der Waals surface area (Å²) in [5.74, 6) is 0.657. The maximum Gasteiger partial charge on any atom is 0.243 e. The van der Waals surface area contributed by atoms with Crippen LogP contribution in [0.25, 0.3) is 0 Å². The van der Waals surface area contributed by atoms with Crippen LogP contribution >= 0.6 is 24.0 Å². The van der Waals surface area contributed by atoms with Gasteiger partial charge in [0, 0.05) is 20.1 Å². The van der Waals surface area contributed by atoms with E-state index in [0.717, 1.165) is 6.42 Å². The highest BCUT2D eigenvalue weighted by Gasteiger charge is 2.12. The molecule has 136 valence electrons. The van der Waals surface area contributed by atoms with Gasteiger partial charge in [-0.1, -0.05) is 31.2 Å². The van der Waals surface area contributed by atoms with Crippen molar-refractivity contribution >= 4 is 35.8 Å². The summed E-state index contributed by atoms with van der Waals surface area (Å²) in [7, 11) is 3.48. The average Bonchev–Trinajstić information content (AvgIpc) is 2.52. The number of amides is 1. The summed E-state index contributed by atoms with van der Waals surface area (Å²) in [5, 5.41) is 6.75. The molecule has 0 spiro atoms. The van der Waals surface area contributed by atoms with Gasteiger partial charge in [-0.15, -0.1) is 24.0 Å². The molecule has 1 aromatic rings. The lowest BCUT2D eigenvalue weighted by molar-refractivity contribution is -0.127. The van der Waals surface area contributed by atoms with E-state index >= 15 is 0 Å². The number of halogens is 1. The van der Waals surface area contributed by atoms with Crippen LogP contribution in [-0.2, 0) is 4.79 Å². The number of nitrogens with one attached hydrogen (secondary N) is 2. The van der Waals surface area contributed by atoms with Crippen molar-refractivity contribution in [3.05, 3.63) is 35.4 Å². The van der Waals surface area contributed by atoms with E-state index in [9.17, 15) is 4.79 Å². The van der Waals surface area contributed by atoms with Crippen LogP contribution in [0.3, 0.4) is 0 Å². The fraction of sp³-hybridized carbons (Fsp3) is 0.556. The smallest absolute Gasteiger partial charge is 0.243 e. The molecule has 0 bridgehead atoms. The van der Waals surface area contributed by atoms with Crippen molar-refractivity contribution in [2.75, 3.05) is 20.6 Å². The predicted octanol–water partition coefficient (Wildman–Crippen LogP) is 3.10. The zero-order valence-electron chi connectivity index (χ0n) is 15.6. The Labute approximate surface area is 163 Å². The first-order valence-corrected chi connectivity index (χ1v) is 8.18. The molecule has 6 heteroatoms. The first-order chi connectivity index (χ1) is 10.8. The Morgan fingerprint density at radius 2 is 1.83 bits per heavy atom. The van der Waals surface area contributed by atoms with Crippen molar-refractivity contribution in [2.24, 2.45) is 4.99 Å². The summed E-state index contributed by atoms with van der Waals surface area (Å²) in [4.78, 5) is 17.8. The van der Waals surface area contributed by atoms with E-state index in [1.54, 1.807) is 19.0 Å². The molecule has 0 saturated carbocycles. The van der Waals surface area contributed by atoms with Crippen LogP contribution in [0.1, 0.15) is 44.4 Å². The third kappa shape index (κ3) is 7.51. The molecule has 1 aromatic carbocycles. The van der Waals surface area contributed by atoms with E-state index < -0.39 is 0 Å². The number of hydrogen-bond acceptors (Lipinski definition) is 2. The minimum Gasteiger partial charge on any atom is -0.354 e. The normalized spacial score (nSPS) is 13.5. The first kappa shape index (κ1) is 22.7. The molecule has 0 aliphatic rings. The van der Waals surface area contributed by atoms with Crippen LogP contribution in [0.15, 0.2) is 29.3 Å². The summed E-state index contributed by atoms with van der Waals surface area (Å²) in [6.07, 6.45) is 0.987. The van der Waals surface area contributed by atoms with E-state index in [4.69, 9.17) is 0 Å². The fourth-order valence-corrected chi connectivity index (χ4v) is 2.11. The minimum absolute atomic E-state index is 0. The number of aliphatic imine (C=N–C) groups is 1. The summed E-state index contributed by atoms with van der Waals surface area (Å²) in [6, 6.07) is 8.68. The molecule has 1 rings (SSSR count). The zero-order valence-corrected chi connectivity index (χ0v) is 17.9. The van der Waals surface area contributed by atoms with E-state index in [1.807, 2.05) is 12.1 Å². The Kier molecular flexibility index (Phi) is 10.7. The highest BCUT2D eigenvalue weighted by Crippen LogP contribution is 2.16. The molecule has 0 heterocycles. The Hall–Kier alpha value is -1.31. The number of aryl methyl sites for hydroxylation is 1. The lowest BCUT2D eigenvalue weighted by atomic mass is 10.0. The molecule has 0 fully saturated rings. The van der Waals surface area contributed by atoms with Gasteiger partial charge in [0.25, 0.3) is 0 Å². The van der Waals surface area contributed by atoms with Gasteiger partial charge in [-0.05, 0) is 38.3 Å². The van der Waals surface area contributed by atoms with Gasteiger partial charge in [0.1, 0.15) is 6.54 Å². The standard InChI is InChI=1S/C18H30N4O.HI/c1-7-14(3)20-18(19-12-17(23)22(5)6)21-15(4)16-11-9-8-10-13(16)2;/h8-11,14-15H,7,12H2,1-6H3,(H2,19,20,21);1H. The maximum atomic E-state index is 11.8. The Morgan fingerprint density at radius 1 is 1.21 bits per heavy atom. The summed E-state index contributed by atoms with van der Waals surface area (Å²) >= 11 is 0. The lowest BCUT2D eigenvalue weighted by Gasteiger charge is -2.22. The van der Waals surface area contributed by atoms with Gasteiger partial charge >= 0.3 is 0 Å². The molecule has 2 atom stereocenters. The summed E-state index contributed by atoms with van der Waals surface area (Å²) in [6.45, 7) is 8.56. The number of guanidine groups is 1. The molecular weight excluding hydrogens is 415 g/mol. The second-order valence-corrected chi connectivity index (χ2v) is 6.13. The van der Waals surface area contributed by atoms with Crippen LogP contribution < -0.4 is 10.6 Å². The topological polar surface area (TPSA) is 56.7 Å². The lowest BCUT2D eigenvalue weighted by Crippen LogP contribution is -2.43. The number of carbonyl (C=O) groups is 1. The molecule has 0 aliphatic heterocycles. The minimum atomic E-state index is -0.0150. The van der Waals surface area contributed by atoms with Crippen LogP contribution in [0, 0.1) is 6.92 Å². The Morgan fingerprint density at radius 3 is 2.38 bits per heavy atom. The van der Waals surface area contributed by atoms with Crippen LogP contribution in [0.2, 0.25) is 0 Å². The molecule has 5 nitrogen and oxygen atoms in total. The monoisotopic (exact) mass is 446 g/mol. The van der Waals surface area contributed by atoms with Crippen molar-refractivity contribution in [2.45, 2.75) is 46.2 Å². The van der Waals surface area contributed by atoms with E-state index in [0.29, 0.717) is 12.0 Å². The highest BCUT2D eigenvalue weighted by molar-refractivity contribution is 14.0. The van der Waals surface area contributed by atoms with Gasteiger partial charge in [-0.3, -0.25) is 4.79 Å². The van der Waals surface area contributed by atoms with E-state index in [-0.39, 0.29) is 42.5 Å². The quantitative estimate of drug-likeness (QED) is 0.401. The van der Waals surface area contributed by atoms with Gasteiger partial charge in [0.15, 0.2) is 5.96 Å². The van der Waals surface area contributed by atoms with Crippen LogP contribution in [0.4, 0.5) is 0 Å². The number of hydrogen-bond donors (Lipinski definition) is 2. The van der Waals surface area contributed by atoms with Crippen molar-refractivity contribution in [1.82, 2.24) is 15.5 Å². The number of rotatable bonds is 6. The largest absolute Gasteiger partial charge is 0.354 e. The highest BCUT2D eigenvalue weighted by atomic mass is 127. The van der Waals surface area contributed by atoms with E-state index in [1.165, 1.54) is 11.1 Å². The Bertz CT molecular complexity index is 546. The molecule has 1 amide bonds. The van der Waals surface area contributed by atoms with Gasteiger partial charge < -0.3 is 15.5 Å². The first-order valence-electron chi connectivity index (χ1n) is 8.18. The fourth-order valence-electron chi connectivity index (χ4n) is 2.11. The molecule has 2 N–H and O–H groups in total. The summed E-state index contributed by atoms with van der Waals surface area (Å²) in [5.41, 5.74) is 2.46.